The minimum atomic E-state index is -4.81. The first-order chi connectivity index (χ1) is 14.8. The molecule has 4 rings (SSSR count). The Kier molecular flexibility index (Phi) is 5.24. The molecule has 0 aliphatic heterocycles. The molecule has 0 atom stereocenters. The molecule has 11 heteroatoms. The fourth-order valence-electron chi connectivity index (χ4n) is 2.97. The average Bonchev–Trinajstić information content (AvgIpc) is 3.41. The molecule has 0 saturated carbocycles. The monoisotopic (exact) mass is 447 g/mol. The highest BCUT2D eigenvalue weighted by Gasteiger charge is 2.41. The third kappa shape index (κ3) is 4.02. The quantitative estimate of drug-likeness (QED) is 0.428. The van der Waals surface area contributed by atoms with Crippen molar-refractivity contribution in [2.45, 2.75) is 6.18 Å². The van der Waals surface area contributed by atoms with Crippen LogP contribution in [0.2, 0.25) is 5.02 Å². The Labute approximate surface area is 178 Å². The summed E-state index contributed by atoms with van der Waals surface area (Å²) in [5.74, 6) is -1.12. The molecule has 2 aromatic carbocycles. The summed E-state index contributed by atoms with van der Waals surface area (Å²) in [5, 5.41) is 12.5. The number of methoxy groups -OCH3 is 1. The Morgan fingerprint density at radius 3 is 2.29 bits per heavy atom. The molecule has 0 saturated heterocycles. The van der Waals surface area contributed by atoms with E-state index in [9.17, 15) is 18.0 Å². The summed E-state index contributed by atoms with van der Waals surface area (Å²) < 4.78 is 47.3. The second kappa shape index (κ2) is 7.88. The maximum Gasteiger partial charge on any atom is 0.434 e. The number of halogens is 4. The second-order valence-corrected chi connectivity index (χ2v) is 6.82. The third-order valence-corrected chi connectivity index (χ3v) is 4.69. The number of benzene rings is 2. The van der Waals surface area contributed by atoms with Crippen LogP contribution in [0, 0.1) is 0 Å². The summed E-state index contributed by atoms with van der Waals surface area (Å²) in [6.07, 6.45) is -2.29. The van der Waals surface area contributed by atoms with E-state index in [-0.39, 0.29) is 5.69 Å². The molecule has 31 heavy (non-hydrogen) atoms. The summed E-state index contributed by atoms with van der Waals surface area (Å²) in [4.78, 5) is 11.7. The SMILES string of the molecule is COC(=O)c1cnn(-c2ccc(-c3cn(-c4ccc(Cl)cc4)nn3)cc2)c1C(F)(F)F. The van der Waals surface area contributed by atoms with Gasteiger partial charge in [0.05, 0.1) is 30.9 Å². The zero-order valence-corrected chi connectivity index (χ0v) is 16.6. The van der Waals surface area contributed by atoms with Gasteiger partial charge in [0.15, 0.2) is 5.69 Å². The zero-order valence-electron chi connectivity index (χ0n) is 15.8. The van der Waals surface area contributed by atoms with E-state index in [2.05, 4.69) is 20.1 Å². The van der Waals surface area contributed by atoms with E-state index in [1.165, 1.54) is 12.1 Å². The van der Waals surface area contributed by atoms with Crippen molar-refractivity contribution in [3.8, 4) is 22.6 Å². The highest BCUT2D eigenvalue weighted by Crippen LogP contribution is 2.34. The van der Waals surface area contributed by atoms with Gasteiger partial charge in [-0.2, -0.15) is 18.3 Å². The van der Waals surface area contributed by atoms with Crippen molar-refractivity contribution < 1.29 is 22.7 Å². The molecule has 0 spiro atoms. The lowest BCUT2D eigenvalue weighted by Gasteiger charge is -2.12. The minimum absolute atomic E-state index is 0.122. The Morgan fingerprint density at radius 2 is 1.68 bits per heavy atom. The van der Waals surface area contributed by atoms with E-state index in [1.807, 2.05) is 0 Å². The van der Waals surface area contributed by atoms with E-state index >= 15 is 0 Å². The number of rotatable bonds is 4. The van der Waals surface area contributed by atoms with Crippen LogP contribution in [-0.4, -0.2) is 37.9 Å². The Bertz CT molecular complexity index is 1230. The van der Waals surface area contributed by atoms with Crippen molar-refractivity contribution in [3.05, 3.63) is 77.2 Å². The Morgan fingerprint density at radius 1 is 1.03 bits per heavy atom. The van der Waals surface area contributed by atoms with Gasteiger partial charge in [0.25, 0.3) is 0 Å². The average molecular weight is 448 g/mol. The fourth-order valence-corrected chi connectivity index (χ4v) is 3.09. The topological polar surface area (TPSA) is 74.8 Å². The van der Waals surface area contributed by atoms with Gasteiger partial charge >= 0.3 is 12.1 Å². The number of hydrogen-bond acceptors (Lipinski definition) is 5. The van der Waals surface area contributed by atoms with Gasteiger partial charge in [-0.25, -0.2) is 14.2 Å². The molecule has 0 bridgehead atoms. The van der Waals surface area contributed by atoms with Gasteiger partial charge in [0, 0.05) is 10.6 Å². The number of carbonyl (C=O) groups is 1. The Balaban J connectivity index is 1.66. The van der Waals surface area contributed by atoms with Gasteiger partial charge in [-0.1, -0.05) is 28.9 Å². The minimum Gasteiger partial charge on any atom is -0.465 e. The van der Waals surface area contributed by atoms with Gasteiger partial charge in [-0.15, -0.1) is 5.10 Å². The lowest BCUT2D eigenvalue weighted by Crippen LogP contribution is -2.18. The molecule has 158 valence electrons. The summed E-state index contributed by atoms with van der Waals surface area (Å²) >= 11 is 5.88. The molecule has 7 nitrogen and oxygen atoms in total. The number of carbonyl (C=O) groups excluding carboxylic acids is 1. The van der Waals surface area contributed by atoms with Crippen molar-refractivity contribution in [1.29, 1.82) is 0 Å². The standard InChI is InChI=1S/C20H13ClF3N5O2/c1-31-19(30)16-10-25-29(18(16)20(22,23)24)15-6-2-12(3-7-15)17-11-28(27-26-17)14-8-4-13(21)5-9-14/h2-11H,1H3. The first-order valence-corrected chi connectivity index (χ1v) is 9.18. The molecular formula is C20H13ClF3N5O2. The third-order valence-electron chi connectivity index (χ3n) is 4.44. The second-order valence-electron chi connectivity index (χ2n) is 6.38. The summed E-state index contributed by atoms with van der Waals surface area (Å²) in [6, 6.07) is 13.1. The van der Waals surface area contributed by atoms with Crippen LogP contribution in [0.1, 0.15) is 16.1 Å². The van der Waals surface area contributed by atoms with Crippen LogP contribution in [0.4, 0.5) is 13.2 Å². The molecule has 0 fully saturated rings. The smallest absolute Gasteiger partial charge is 0.434 e. The van der Waals surface area contributed by atoms with Gasteiger partial charge in [0.2, 0.25) is 0 Å². The van der Waals surface area contributed by atoms with Gasteiger partial charge in [0.1, 0.15) is 11.3 Å². The number of hydrogen-bond donors (Lipinski definition) is 0. The van der Waals surface area contributed by atoms with E-state index in [0.717, 1.165) is 19.0 Å². The number of aromatic nitrogens is 5. The summed E-state index contributed by atoms with van der Waals surface area (Å²) in [7, 11) is 1.01. The van der Waals surface area contributed by atoms with Crippen LogP contribution in [0.3, 0.4) is 0 Å². The van der Waals surface area contributed by atoms with E-state index < -0.39 is 23.4 Å². The van der Waals surface area contributed by atoms with Gasteiger partial charge < -0.3 is 4.74 Å². The van der Waals surface area contributed by atoms with Crippen LogP contribution in [-0.2, 0) is 10.9 Å². The molecule has 0 aliphatic carbocycles. The largest absolute Gasteiger partial charge is 0.465 e. The first kappa shape index (κ1) is 20.6. The van der Waals surface area contributed by atoms with E-state index in [0.29, 0.717) is 21.0 Å². The molecule has 0 aliphatic rings. The van der Waals surface area contributed by atoms with Crippen LogP contribution in [0.25, 0.3) is 22.6 Å². The van der Waals surface area contributed by atoms with Crippen molar-refractivity contribution in [1.82, 2.24) is 24.8 Å². The molecule has 2 aromatic heterocycles. The molecule has 0 amide bonds. The van der Waals surface area contributed by atoms with Crippen molar-refractivity contribution in [3.63, 3.8) is 0 Å². The molecule has 2 heterocycles. The predicted octanol–water partition coefficient (Wildman–Crippen LogP) is 4.58. The predicted molar refractivity (Wildman–Crippen MR) is 105 cm³/mol. The highest BCUT2D eigenvalue weighted by molar-refractivity contribution is 6.30. The van der Waals surface area contributed by atoms with Crippen LogP contribution >= 0.6 is 11.6 Å². The number of nitrogens with zero attached hydrogens (tertiary/aromatic N) is 5. The maximum absolute atomic E-state index is 13.6. The molecule has 4 aromatic rings. The number of ether oxygens (including phenoxy) is 1. The molecule has 0 N–H and O–H groups in total. The lowest BCUT2D eigenvalue weighted by atomic mass is 10.1. The fraction of sp³-hybridized carbons (Fsp3) is 0.100. The summed E-state index contributed by atoms with van der Waals surface area (Å²) in [5.41, 5.74) is 0.162. The first-order valence-electron chi connectivity index (χ1n) is 8.80. The van der Waals surface area contributed by atoms with E-state index in [4.69, 9.17) is 11.6 Å². The van der Waals surface area contributed by atoms with Crippen LogP contribution in [0.15, 0.2) is 60.9 Å². The zero-order chi connectivity index (χ0) is 22.2. The van der Waals surface area contributed by atoms with Gasteiger partial charge in [-0.05, 0) is 36.4 Å². The van der Waals surface area contributed by atoms with Crippen molar-refractivity contribution in [2.24, 2.45) is 0 Å². The van der Waals surface area contributed by atoms with Crippen molar-refractivity contribution >= 4 is 17.6 Å². The molecule has 0 unspecified atom stereocenters. The van der Waals surface area contributed by atoms with Crippen LogP contribution in [0.5, 0.6) is 0 Å². The normalized spacial score (nSPS) is 11.5. The summed E-state index contributed by atoms with van der Waals surface area (Å²) in [6.45, 7) is 0. The molecule has 0 radical (unpaired) electrons. The molecular weight excluding hydrogens is 435 g/mol. The van der Waals surface area contributed by atoms with Crippen LogP contribution < -0.4 is 0 Å². The maximum atomic E-state index is 13.6. The highest BCUT2D eigenvalue weighted by atomic mass is 35.5. The number of alkyl halides is 3. The van der Waals surface area contributed by atoms with E-state index in [1.54, 1.807) is 47.3 Å². The van der Waals surface area contributed by atoms with Crippen molar-refractivity contribution in [2.75, 3.05) is 7.11 Å². The van der Waals surface area contributed by atoms with Gasteiger partial charge in [-0.3, -0.25) is 0 Å². The number of esters is 1. The Hall–Kier alpha value is -3.66. The lowest BCUT2D eigenvalue weighted by molar-refractivity contribution is -0.143.